The van der Waals surface area contributed by atoms with Gasteiger partial charge in [0.15, 0.2) is 0 Å². The number of esters is 1. The Balaban J connectivity index is 2.15. The van der Waals surface area contributed by atoms with Crippen molar-refractivity contribution in [2.24, 2.45) is 11.3 Å². The second kappa shape index (κ2) is 6.54. The third kappa shape index (κ3) is 3.43. The SMILES string of the molecule is COC(=O)C1(CS(=O)(=O)N2CCC(C(=O)O)C2)CCCCC1. The van der Waals surface area contributed by atoms with Crippen LogP contribution in [0.3, 0.4) is 0 Å². The summed E-state index contributed by atoms with van der Waals surface area (Å²) in [7, 11) is -2.39. The van der Waals surface area contributed by atoms with Gasteiger partial charge in [-0.15, -0.1) is 0 Å². The molecule has 0 radical (unpaired) electrons. The molecule has 22 heavy (non-hydrogen) atoms. The molecule has 8 heteroatoms. The monoisotopic (exact) mass is 333 g/mol. The maximum Gasteiger partial charge on any atom is 0.312 e. The number of hydrogen-bond donors (Lipinski definition) is 1. The van der Waals surface area contributed by atoms with Gasteiger partial charge in [0.05, 0.1) is 24.2 Å². The van der Waals surface area contributed by atoms with Crippen LogP contribution in [0.5, 0.6) is 0 Å². The number of ether oxygens (including phenoxy) is 1. The Morgan fingerprint density at radius 3 is 2.41 bits per heavy atom. The Labute approximate surface area is 130 Å². The molecule has 1 aliphatic carbocycles. The number of carbonyl (C=O) groups excluding carboxylic acids is 1. The first-order valence-electron chi connectivity index (χ1n) is 7.60. The number of nitrogens with zero attached hydrogens (tertiary/aromatic N) is 1. The van der Waals surface area contributed by atoms with Crippen molar-refractivity contribution in [1.29, 1.82) is 0 Å². The summed E-state index contributed by atoms with van der Waals surface area (Å²) in [6, 6.07) is 0. The van der Waals surface area contributed by atoms with Gasteiger partial charge in [0.2, 0.25) is 10.0 Å². The number of carboxylic acids is 1. The van der Waals surface area contributed by atoms with E-state index in [-0.39, 0.29) is 18.8 Å². The van der Waals surface area contributed by atoms with Gasteiger partial charge in [-0.3, -0.25) is 9.59 Å². The molecule has 0 amide bonds. The van der Waals surface area contributed by atoms with Crippen molar-refractivity contribution >= 4 is 22.0 Å². The van der Waals surface area contributed by atoms with Crippen LogP contribution in [0.1, 0.15) is 38.5 Å². The Kier molecular flexibility index (Phi) is 5.11. The van der Waals surface area contributed by atoms with E-state index in [1.807, 2.05) is 0 Å². The highest BCUT2D eigenvalue weighted by atomic mass is 32.2. The number of sulfonamides is 1. The molecular formula is C14H23NO6S. The molecule has 1 saturated carbocycles. The van der Waals surface area contributed by atoms with Crippen molar-refractivity contribution < 1.29 is 27.9 Å². The van der Waals surface area contributed by atoms with Gasteiger partial charge in [0.25, 0.3) is 0 Å². The average Bonchev–Trinajstić information content (AvgIpc) is 2.98. The molecule has 0 aromatic carbocycles. The van der Waals surface area contributed by atoms with Gasteiger partial charge in [-0.2, -0.15) is 0 Å². The summed E-state index contributed by atoms with van der Waals surface area (Å²) in [5.41, 5.74) is -0.979. The molecule has 1 atom stereocenters. The fourth-order valence-corrected chi connectivity index (χ4v) is 5.55. The number of carboxylic acid groups (broad SMARTS) is 1. The molecule has 0 spiro atoms. The highest BCUT2D eigenvalue weighted by Gasteiger charge is 2.47. The Morgan fingerprint density at radius 1 is 1.27 bits per heavy atom. The quantitative estimate of drug-likeness (QED) is 0.748. The van der Waals surface area contributed by atoms with Crippen LogP contribution in [-0.2, 0) is 24.3 Å². The number of hydrogen-bond acceptors (Lipinski definition) is 5. The minimum Gasteiger partial charge on any atom is -0.481 e. The minimum absolute atomic E-state index is 0.00504. The number of rotatable bonds is 5. The molecule has 126 valence electrons. The van der Waals surface area contributed by atoms with Gasteiger partial charge >= 0.3 is 11.9 Å². The van der Waals surface area contributed by atoms with Gasteiger partial charge in [-0.25, -0.2) is 12.7 Å². The van der Waals surface area contributed by atoms with E-state index in [9.17, 15) is 18.0 Å². The fourth-order valence-electron chi connectivity index (χ4n) is 3.48. The third-order valence-corrected chi connectivity index (χ3v) is 6.82. The maximum absolute atomic E-state index is 12.6. The van der Waals surface area contributed by atoms with E-state index in [4.69, 9.17) is 9.84 Å². The maximum atomic E-state index is 12.6. The van der Waals surface area contributed by atoms with Gasteiger partial charge in [0, 0.05) is 13.1 Å². The number of aliphatic carboxylic acids is 1. The molecule has 7 nitrogen and oxygen atoms in total. The van der Waals surface area contributed by atoms with Gasteiger partial charge in [0.1, 0.15) is 0 Å². The van der Waals surface area contributed by atoms with Crippen molar-refractivity contribution in [2.75, 3.05) is 26.0 Å². The number of methoxy groups -OCH3 is 1. The van der Waals surface area contributed by atoms with E-state index < -0.39 is 33.3 Å². The zero-order valence-electron chi connectivity index (χ0n) is 12.8. The molecular weight excluding hydrogens is 310 g/mol. The lowest BCUT2D eigenvalue weighted by Crippen LogP contribution is -2.45. The van der Waals surface area contributed by atoms with Gasteiger partial charge in [-0.1, -0.05) is 19.3 Å². The first-order valence-corrected chi connectivity index (χ1v) is 9.21. The lowest BCUT2D eigenvalue weighted by Gasteiger charge is -2.35. The molecule has 2 aliphatic rings. The van der Waals surface area contributed by atoms with Crippen molar-refractivity contribution in [1.82, 2.24) is 4.31 Å². The van der Waals surface area contributed by atoms with Crippen LogP contribution in [0.4, 0.5) is 0 Å². The van der Waals surface area contributed by atoms with E-state index in [2.05, 4.69) is 0 Å². The van der Waals surface area contributed by atoms with E-state index in [0.717, 1.165) is 19.3 Å². The molecule has 0 aromatic rings. The van der Waals surface area contributed by atoms with Gasteiger partial charge in [-0.05, 0) is 19.3 Å². The summed E-state index contributed by atoms with van der Waals surface area (Å²) in [5.74, 6) is -2.38. The first kappa shape index (κ1) is 17.2. The molecule has 0 bridgehead atoms. The average molecular weight is 333 g/mol. The van der Waals surface area contributed by atoms with E-state index in [1.54, 1.807) is 0 Å². The molecule has 1 saturated heterocycles. The molecule has 2 rings (SSSR count). The fraction of sp³-hybridized carbons (Fsp3) is 0.857. The first-order chi connectivity index (χ1) is 10.3. The molecule has 1 unspecified atom stereocenters. The second-order valence-electron chi connectivity index (χ2n) is 6.27. The minimum atomic E-state index is -3.67. The van der Waals surface area contributed by atoms with E-state index >= 15 is 0 Å². The Hall–Kier alpha value is -1.15. The predicted octanol–water partition coefficient (Wildman–Crippen LogP) is 0.846. The molecule has 1 aliphatic heterocycles. The van der Waals surface area contributed by atoms with Crippen LogP contribution >= 0.6 is 0 Å². The van der Waals surface area contributed by atoms with Crippen LogP contribution in [-0.4, -0.2) is 55.7 Å². The summed E-state index contributed by atoms with van der Waals surface area (Å²) >= 11 is 0. The zero-order chi connectivity index (χ0) is 16.4. The molecule has 1 heterocycles. The van der Waals surface area contributed by atoms with E-state index in [0.29, 0.717) is 19.3 Å². The predicted molar refractivity (Wildman–Crippen MR) is 78.6 cm³/mol. The Bertz CT molecular complexity index is 538. The van der Waals surface area contributed by atoms with E-state index in [1.165, 1.54) is 11.4 Å². The molecule has 2 fully saturated rings. The number of carbonyl (C=O) groups is 2. The normalized spacial score (nSPS) is 25.8. The standard InChI is InChI=1S/C14H23NO6S/c1-21-13(18)14(6-3-2-4-7-14)10-22(19,20)15-8-5-11(9-15)12(16)17/h11H,2-10H2,1H3,(H,16,17). The summed E-state index contributed by atoms with van der Waals surface area (Å²) in [5, 5.41) is 9.00. The second-order valence-corrected chi connectivity index (χ2v) is 8.24. The summed E-state index contributed by atoms with van der Waals surface area (Å²) < 4.78 is 31.3. The highest BCUT2D eigenvalue weighted by molar-refractivity contribution is 7.89. The van der Waals surface area contributed by atoms with Crippen molar-refractivity contribution in [3.63, 3.8) is 0 Å². The van der Waals surface area contributed by atoms with Crippen molar-refractivity contribution in [3.05, 3.63) is 0 Å². The zero-order valence-corrected chi connectivity index (χ0v) is 13.6. The summed E-state index contributed by atoms with van der Waals surface area (Å²) in [6.07, 6.45) is 3.94. The van der Waals surface area contributed by atoms with Crippen LogP contribution in [0.25, 0.3) is 0 Å². The lowest BCUT2D eigenvalue weighted by molar-refractivity contribution is -0.153. The van der Waals surface area contributed by atoms with Crippen LogP contribution in [0.2, 0.25) is 0 Å². The van der Waals surface area contributed by atoms with Crippen molar-refractivity contribution in [3.8, 4) is 0 Å². The smallest absolute Gasteiger partial charge is 0.312 e. The lowest BCUT2D eigenvalue weighted by atomic mass is 9.75. The summed E-state index contributed by atoms with van der Waals surface area (Å²) in [6.45, 7) is 0.200. The highest BCUT2D eigenvalue weighted by Crippen LogP contribution is 2.39. The largest absolute Gasteiger partial charge is 0.481 e. The molecule has 1 N–H and O–H groups in total. The van der Waals surface area contributed by atoms with Crippen LogP contribution in [0.15, 0.2) is 0 Å². The van der Waals surface area contributed by atoms with Crippen LogP contribution < -0.4 is 0 Å². The summed E-state index contributed by atoms with van der Waals surface area (Å²) in [4.78, 5) is 23.1. The van der Waals surface area contributed by atoms with Crippen LogP contribution in [0, 0.1) is 11.3 Å². The van der Waals surface area contributed by atoms with Crippen molar-refractivity contribution in [2.45, 2.75) is 38.5 Å². The van der Waals surface area contributed by atoms with Gasteiger partial charge < -0.3 is 9.84 Å². The Morgan fingerprint density at radius 2 is 1.91 bits per heavy atom. The molecule has 0 aromatic heterocycles. The topological polar surface area (TPSA) is 101 Å². The third-order valence-electron chi connectivity index (χ3n) is 4.78.